The van der Waals surface area contributed by atoms with Crippen LogP contribution in [0.1, 0.15) is 28.9 Å². The Hall–Kier alpha value is -3.49. The number of ketones is 1. The van der Waals surface area contributed by atoms with Gasteiger partial charge in [0.25, 0.3) is 0 Å². The van der Waals surface area contributed by atoms with Crippen LogP contribution in [0.4, 0.5) is 8.78 Å². The second-order valence-corrected chi connectivity index (χ2v) is 8.24. The predicted molar refractivity (Wildman–Crippen MR) is 133 cm³/mol. The largest absolute Gasteiger partial charge is 0.494 e. The average Bonchev–Trinajstić information content (AvgIpc) is 2.91. The number of rotatable bonds is 12. The quantitative estimate of drug-likeness (QED) is 0.236. The van der Waals surface area contributed by atoms with E-state index in [9.17, 15) is 18.7 Å². The zero-order chi connectivity index (χ0) is 26.3. The summed E-state index contributed by atoms with van der Waals surface area (Å²) in [6.45, 7) is 2.95. The van der Waals surface area contributed by atoms with Crippen LogP contribution < -0.4 is 14.2 Å². The average molecular weight is 518 g/mol. The van der Waals surface area contributed by atoms with Crippen LogP contribution in [0.15, 0.2) is 61.2 Å². The van der Waals surface area contributed by atoms with Crippen molar-refractivity contribution in [1.29, 1.82) is 0 Å². The van der Waals surface area contributed by atoms with Gasteiger partial charge in [0.15, 0.2) is 17.3 Å². The van der Waals surface area contributed by atoms with Gasteiger partial charge < -0.3 is 19.3 Å². The first kappa shape index (κ1) is 27.1. The first-order chi connectivity index (χ1) is 17.3. The maximum atomic E-state index is 13.7. The number of hydrogen-bond donors (Lipinski definition) is 1. The number of carbonyl (C=O) groups is 1. The summed E-state index contributed by atoms with van der Waals surface area (Å²) in [5.41, 5.74) is -0.236. The van der Waals surface area contributed by atoms with Crippen LogP contribution >= 0.6 is 11.6 Å². The van der Waals surface area contributed by atoms with Gasteiger partial charge in [0, 0.05) is 17.5 Å². The van der Waals surface area contributed by atoms with Gasteiger partial charge in [0.1, 0.15) is 36.1 Å². The molecule has 3 aromatic rings. The van der Waals surface area contributed by atoms with Crippen LogP contribution in [-0.2, 0) is 5.60 Å². The molecular weight excluding hydrogens is 492 g/mol. The van der Waals surface area contributed by atoms with Gasteiger partial charge >= 0.3 is 0 Å². The van der Waals surface area contributed by atoms with Crippen molar-refractivity contribution in [3.63, 3.8) is 0 Å². The van der Waals surface area contributed by atoms with E-state index in [1.54, 1.807) is 18.2 Å². The molecule has 2 aromatic carbocycles. The summed E-state index contributed by atoms with van der Waals surface area (Å²) >= 11 is 5.94. The third-order valence-electron chi connectivity index (χ3n) is 5.61. The summed E-state index contributed by atoms with van der Waals surface area (Å²) in [5, 5.41) is 11.2. The van der Waals surface area contributed by atoms with Gasteiger partial charge in [-0.1, -0.05) is 24.3 Å². The molecule has 0 bridgehead atoms. The van der Waals surface area contributed by atoms with Gasteiger partial charge in [-0.25, -0.2) is 13.8 Å². The number of aromatic nitrogens is 1. The molecule has 0 spiro atoms. The summed E-state index contributed by atoms with van der Waals surface area (Å²) in [5.74, 6) is 0.184. The Morgan fingerprint density at radius 3 is 2.47 bits per heavy atom. The Kier molecular flexibility index (Phi) is 9.01. The fourth-order valence-corrected chi connectivity index (χ4v) is 3.77. The molecule has 0 aliphatic carbocycles. The molecule has 0 fully saturated rings. The second-order valence-electron chi connectivity index (χ2n) is 7.83. The summed E-state index contributed by atoms with van der Waals surface area (Å²) in [7, 11) is 2.88. The van der Waals surface area contributed by atoms with Gasteiger partial charge in [-0.2, -0.15) is 0 Å². The molecule has 0 radical (unpaired) electrons. The van der Waals surface area contributed by atoms with E-state index in [2.05, 4.69) is 11.6 Å². The lowest BCUT2D eigenvalue weighted by Crippen LogP contribution is -2.25. The number of aliphatic hydroxyl groups is 1. The van der Waals surface area contributed by atoms with E-state index in [-0.39, 0.29) is 35.9 Å². The predicted octanol–water partition coefficient (Wildman–Crippen LogP) is 5.94. The molecule has 1 heterocycles. The zero-order valence-electron chi connectivity index (χ0n) is 19.9. The maximum Gasteiger partial charge on any atom is 0.163 e. The summed E-state index contributed by atoms with van der Waals surface area (Å²) < 4.78 is 42.0. The van der Waals surface area contributed by atoms with Crippen molar-refractivity contribution < 1.29 is 32.9 Å². The summed E-state index contributed by atoms with van der Waals surface area (Å²) in [6, 6.07) is 11.9. The van der Waals surface area contributed by atoms with Crippen LogP contribution in [0.5, 0.6) is 17.2 Å². The van der Waals surface area contributed by atoms with Crippen LogP contribution in [-0.4, -0.2) is 43.4 Å². The summed E-state index contributed by atoms with van der Waals surface area (Å²) in [6.07, 6.45) is 1.26. The molecule has 0 amide bonds. The minimum absolute atomic E-state index is 0.0132. The first-order valence-corrected chi connectivity index (χ1v) is 11.4. The van der Waals surface area contributed by atoms with Gasteiger partial charge in [0.05, 0.1) is 24.9 Å². The number of hydrogen-bond acceptors (Lipinski definition) is 6. The molecule has 190 valence electrons. The van der Waals surface area contributed by atoms with Crippen LogP contribution in [0.2, 0.25) is 5.02 Å². The molecule has 6 nitrogen and oxygen atoms in total. The minimum atomic E-state index is -1.64. The fraction of sp³-hybridized carbons (Fsp3) is 0.259. The Labute approximate surface area is 213 Å². The number of alkyl halides is 1. The standard InChI is InChI=1S/C27H26ClF2NO5/c1-4-27(33,12-11-21(32)17-6-8-22(36-14-13-29)24(16-17)35-3)25-10-9-23(34-2)26(31-25)18-5-7-20(30)19(28)15-18/h4-10,15-16,33H,1,11-14H2,2-3H3. The first-order valence-electron chi connectivity index (χ1n) is 11.0. The molecule has 0 saturated heterocycles. The second kappa shape index (κ2) is 12.0. The van der Waals surface area contributed by atoms with E-state index in [0.29, 0.717) is 34.1 Å². The molecule has 1 aromatic heterocycles. The number of ether oxygens (including phenoxy) is 3. The van der Waals surface area contributed by atoms with Gasteiger partial charge in [0.2, 0.25) is 0 Å². The van der Waals surface area contributed by atoms with E-state index in [4.69, 9.17) is 25.8 Å². The van der Waals surface area contributed by atoms with Gasteiger partial charge in [-0.05, 0) is 55.0 Å². The van der Waals surface area contributed by atoms with E-state index in [1.807, 2.05) is 0 Å². The minimum Gasteiger partial charge on any atom is -0.494 e. The Morgan fingerprint density at radius 2 is 1.83 bits per heavy atom. The molecule has 3 rings (SSSR count). The zero-order valence-corrected chi connectivity index (χ0v) is 20.6. The van der Waals surface area contributed by atoms with Gasteiger partial charge in [-0.15, -0.1) is 0 Å². The highest BCUT2D eigenvalue weighted by molar-refractivity contribution is 6.31. The lowest BCUT2D eigenvalue weighted by Gasteiger charge is -2.25. The molecule has 0 aliphatic heterocycles. The smallest absolute Gasteiger partial charge is 0.163 e. The molecule has 1 atom stereocenters. The number of benzene rings is 2. The third kappa shape index (κ3) is 6.01. The van der Waals surface area contributed by atoms with Gasteiger partial charge in [-0.3, -0.25) is 4.79 Å². The van der Waals surface area contributed by atoms with Crippen molar-refractivity contribution in [2.24, 2.45) is 0 Å². The molecular formula is C27H26ClF2NO5. The third-order valence-corrected chi connectivity index (χ3v) is 5.90. The van der Waals surface area contributed by atoms with Crippen molar-refractivity contribution in [2.75, 3.05) is 27.5 Å². The van der Waals surface area contributed by atoms with Crippen molar-refractivity contribution in [3.8, 4) is 28.5 Å². The number of halogens is 3. The van der Waals surface area contributed by atoms with Crippen LogP contribution in [0, 0.1) is 5.82 Å². The molecule has 1 unspecified atom stereocenters. The van der Waals surface area contributed by atoms with Crippen molar-refractivity contribution >= 4 is 17.4 Å². The van der Waals surface area contributed by atoms with E-state index < -0.39 is 18.1 Å². The fourth-order valence-electron chi connectivity index (χ4n) is 3.59. The lowest BCUT2D eigenvalue weighted by atomic mass is 9.90. The normalized spacial score (nSPS) is 12.5. The van der Waals surface area contributed by atoms with Crippen molar-refractivity contribution in [2.45, 2.75) is 18.4 Å². The number of nitrogens with zero attached hydrogens (tertiary/aromatic N) is 1. The van der Waals surface area contributed by atoms with Crippen molar-refractivity contribution in [3.05, 3.63) is 83.3 Å². The molecule has 0 saturated carbocycles. The lowest BCUT2D eigenvalue weighted by molar-refractivity contribution is 0.0665. The van der Waals surface area contributed by atoms with E-state index >= 15 is 0 Å². The van der Waals surface area contributed by atoms with E-state index in [1.165, 1.54) is 50.6 Å². The molecule has 9 heteroatoms. The topological polar surface area (TPSA) is 77.9 Å². The number of pyridine rings is 1. The molecule has 1 N–H and O–H groups in total. The van der Waals surface area contributed by atoms with Crippen LogP contribution in [0.25, 0.3) is 11.3 Å². The number of Topliss-reactive ketones (excluding diaryl/α,β-unsaturated/α-hetero) is 1. The van der Waals surface area contributed by atoms with Crippen molar-refractivity contribution in [1.82, 2.24) is 4.98 Å². The SMILES string of the molecule is C=CC(O)(CCC(=O)c1ccc(OCCF)c(OC)c1)c1ccc(OC)c(-c2ccc(F)c(Cl)c2)n1. The Morgan fingerprint density at radius 1 is 1.11 bits per heavy atom. The monoisotopic (exact) mass is 517 g/mol. The highest BCUT2D eigenvalue weighted by Gasteiger charge is 2.29. The Bertz CT molecular complexity index is 1250. The highest BCUT2D eigenvalue weighted by Crippen LogP contribution is 2.35. The number of carbonyl (C=O) groups excluding carboxylic acids is 1. The Balaban J connectivity index is 1.85. The molecule has 0 aliphatic rings. The summed E-state index contributed by atoms with van der Waals surface area (Å²) in [4.78, 5) is 17.4. The molecule has 36 heavy (non-hydrogen) atoms. The maximum absolute atomic E-state index is 13.7. The number of methoxy groups -OCH3 is 2. The highest BCUT2D eigenvalue weighted by atomic mass is 35.5. The van der Waals surface area contributed by atoms with Crippen LogP contribution in [0.3, 0.4) is 0 Å². The van der Waals surface area contributed by atoms with E-state index in [0.717, 1.165) is 0 Å².